The van der Waals surface area contributed by atoms with Crippen molar-refractivity contribution < 1.29 is 49.0 Å². The predicted octanol–water partition coefficient (Wildman–Crippen LogP) is 7.14. The summed E-state index contributed by atoms with van der Waals surface area (Å²) in [6, 6.07) is 39.9. The quantitative estimate of drug-likeness (QED) is 0.166. The second kappa shape index (κ2) is 17.8. The number of fused-ring (bicyclic) bond motifs is 5. The Morgan fingerprint density at radius 1 is 0.685 bits per heavy atom. The van der Waals surface area contributed by atoms with Crippen LogP contribution in [0.3, 0.4) is 0 Å². The number of rotatable bonds is 4. The van der Waals surface area contributed by atoms with E-state index in [4.69, 9.17) is 0 Å². The molecule has 0 radical (unpaired) electrons. The van der Waals surface area contributed by atoms with Gasteiger partial charge in [-0.25, -0.2) is 18.6 Å². The molecule has 0 N–H and O–H groups in total. The number of benzene rings is 4. The van der Waals surface area contributed by atoms with E-state index in [1.54, 1.807) is 27.4 Å². The van der Waals surface area contributed by atoms with Gasteiger partial charge in [-0.2, -0.15) is 29.3 Å². The van der Waals surface area contributed by atoms with Gasteiger partial charge in [-0.05, 0) is 70.2 Å². The van der Waals surface area contributed by atoms with E-state index >= 15 is 0 Å². The summed E-state index contributed by atoms with van der Waals surface area (Å²) >= 11 is 1.55. The summed E-state index contributed by atoms with van der Waals surface area (Å²) in [5, 5.41) is 0. The van der Waals surface area contributed by atoms with Crippen LogP contribution in [0, 0.1) is 6.42 Å². The third-order valence-electron chi connectivity index (χ3n) is 11.1. The van der Waals surface area contributed by atoms with Gasteiger partial charge in [0.05, 0.1) is 0 Å². The molecular weight excluding hydrogens is 775 g/mol. The molecule has 0 atom stereocenters. The van der Waals surface area contributed by atoms with Gasteiger partial charge in [0.25, 0.3) is 0 Å². The Morgan fingerprint density at radius 3 is 1.69 bits per heavy atom. The molecular formula is C51H56Cl2Zr-2. The van der Waals surface area contributed by atoms with Crippen molar-refractivity contribution in [2.24, 2.45) is 0 Å². The van der Waals surface area contributed by atoms with Crippen molar-refractivity contribution in [1.82, 2.24) is 0 Å². The zero-order chi connectivity index (χ0) is 37.3. The molecule has 0 saturated carbocycles. The van der Waals surface area contributed by atoms with Crippen molar-refractivity contribution in [2.75, 3.05) is 0 Å². The van der Waals surface area contributed by atoms with Crippen LogP contribution in [0.15, 0.2) is 121 Å². The molecule has 3 aliphatic rings. The van der Waals surface area contributed by atoms with E-state index < -0.39 is 0 Å². The Balaban J connectivity index is 0.000000205. The van der Waals surface area contributed by atoms with Gasteiger partial charge < -0.3 is 24.8 Å². The summed E-state index contributed by atoms with van der Waals surface area (Å²) in [7, 11) is 0. The van der Waals surface area contributed by atoms with Gasteiger partial charge in [0.1, 0.15) is 0 Å². The number of hydrogen-bond donors (Lipinski definition) is 0. The van der Waals surface area contributed by atoms with E-state index in [0.29, 0.717) is 5.41 Å². The SMILES string of the molecule is CC(C)(C)c1cc[cH-]c1.CC1=C[CH-]C(C)(C)c2cc3c(cc21)-c1cc2c(cc1C3)C(C)(C)CC=C2C.[Cl-].[Cl-].[Zr+2]=[C](Cc1ccccc1)Cc1ccccc1. The third-order valence-corrected chi connectivity index (χ3v) is 12.0. The van der Waals surface area contributed by atoms with Crippen LogP contribution in [-0.2, 0) is 59.7 Å². The minimum absolute atomic E-state index is 0. The number of halogens is 2. The van der Waals surface area contributed by atoms with E-state index in [2.05, 4.69) is 190 Å². The van der Waals surface area contributed by atoms with Gasteiger partial charge >= 0.3 is 112 Å². The first kappa shape index (κ1) is 43.6. The molecule has 0 spiro atoms. The molecule has 5 aromatic rings. The van der Waals surface area contributed by atoms with Crippen LogP contribution in [0.1, 0.15) is 119 Å². The van der Waals surface area contributed by atoms with Crippen molar-refractivity contribution >= 4 is 14.4 Å². The summed E-state index contributed by atoms with van der Waals surface area (Å²) in [6.07, 6.45) is 11.5. The minimum atomic E-state index is 0. The summed E-state index contributed by atoms with van der Waals surface area (Å²) in [4.78, 5) is 0. The average Bonchev–Trinajstić information content (AvgIpc) is 3.78. The normalized spacial score (nSPS) is 15.2. The van der Waals surface area contributed by atoms with Crippen LogP contribution in [-0.4, -0.2) is 3.21 Å². The Bertz CT molecular complexity index is 1980. The second-order valence-electron chi connectivity index (χ2n) is 17.4. The zero-order valence-electron chi connectivity index (χ0n) is 33.7. The number of hydrogen-bond acceptors (Lipinski definition) is 0. The molecule has 280 valence electrons. The maximum atomic E-state index is 2.51. The van der Waals surface area contributed by atoms with E-state index in [1.807, 2.05) is 0 Å². The monoisotopic (exact) mass is 828 g/mol. The Morgan fingerprint density at radius 2 is 1.20 bits per heavy atom. The van der Waals surface area contributed by atoms with Crippen LogP contribution >= 0.6 is 0 Å². The van der Waals surface area contributed by atoms with Crippen LogP contribution in [0.25, 0.3) is 22.3 Å². The van der Waals surface area contributed by atoms with Crippen molar-refractivity contribution in [2.45, 2.75) is 104 Å². The molecule has 0 aliphatic heterocycles. The van der Waals surface area contributed by atoms with Gasteiger partial charge in [-0.3, -0.25) is 0 Å². The van der Waals surface area contributed by atoms with Crippen LogP contribution in [0.4, 0.5) is 0 Å². The summed E-state index contributed by atoms with van der Waals surface area (Å²) in [6.45, 7) is 20.6. The van der Waals surface area contributed by atoms with Crippen LogP contribution in [0.5, 0.6) is 0 Å². The van der Waals surface area contributed by atoms with E-state index in [-0.39, 0.29) is 35.6 Å². The maximum absolute atomic E-state index is 2.51. The first-order valence-electron chi connectivity index (χ1n) is 19.0. The van der Waals surface area contributed by atoms with E-state index in [0.717, 1.165) is 25.7 Å². The molecule has 5 aromatic carbocycles. The predicted molar refractivity (Wildman–Crippen MR) is 223 cm³/mol. The summed E-state index contributed by atoms with van der Waals surface area (Å²) < 4.78 is 1.60. The van der Waals surface area contributed by atoms with Gasteiger partial charge in [-0.1, -0.05) is 89.1 Å². The fraction of sp³-hybridized carbons (Fsp3) is 0.314. The van der Waals surface area contributed by atoms with Crippen molar-refractivity contribution in [3.05, 3.63) is 178 Å². The molecule has 0 saturated heterocycles. The van der Waals surface area contributed by atoms with Gasteiger partial charge in [0, 0.05) is 0 Å². The number of allylic oxidation sites excluding steroid dienone is 4. The van der Waals surface area contributed by atoms with Gasteiger partial charge in [0.15, 0.2) is 0 Å². The molecule has 0 bridgehead atoms. The molecule has 0 nitrogen and oxygen atoms in total. The Kier molecular flexibility index (Phi) is 14.4. The molecule has 0 amide bonds. The average molecular weight is 831 g/mol. The molecule has 3 aliphatic carbocycles. The molecule has 54 heavy (non-hydrogen) atoms. The summed E-state index contributed by atoms with van der Waals surface area (Å²) in [5.41, 5.74) is 19.6. The molecule has 8 rings (SSSR count). The zero-order valence-corrected chi connectivity index (χ0v) is 37.7. The molecule has 0 fully saturated rings. The molecule has 0 heterocycles. The fourth-order valence-corrected chi connectivity index (χ4v) is 8.80. The fourth-order valence-electron chi connectivity index (χ4n) is 7.80. The standard InChI is InChI=1S/C27H29.C15H14.C9H13.2ClH.Zr/c1-16-7-9-26(3,4)24-12-18-11-19-13-25-21(17(2)8-10-27(25,5)6)15-23(19)22(18)14-20(16)24;1-3-8-14(9-4-1)12-7-13-15-10-5-2-6-11-15;1-9(2,3)8-6-4-5-7-8;;;/h7-9,12-15H,10-11H2,1-6H3;1-6,8-11H,12-13H2;4-7H,1-3H3;2*1H;/q-1;;-1;;;+2/p-2. The third kappa shape index (κ3) is 10.0. The van der Waals surface area contributed by atoms with Crippen molar-refractivity contribution in [3.8, 4) is 11.1 Å². The van der Waals surface area contributed by atoms with E-state index in [9.17, 15) is 0 Å². The molecule has 3 heteroatoms. The topological polar surface area (TPSA) is 0 Å². The van der Waals surface area contributed by atoms with Crippen LogP contribution in [0.2, 0.25) is 0 Å². The van der Waals surface area contributed by atoms with E-state index in [1.165, 1.54) is 72.3 Å². The van der Waals surface area contributed by atoms with Gasteiger partial charge in [-0.15, -0.1) is 12.5 Å². The molecule has 0 aromatic heterocycles. The van der Waals surface area contributed by atoms with Crippen LogP contribution < -0.4 is 24.8 Å². The van der Waals surface area contributed by atoms with Crippen molar-refractivity contribution in [3.63, 3.8) is 0 Å². The molecule has 0 unspecified atom stereocenters. The first-order chi connectivity index (χ1) is 24.6. The first-order valence-corrected chi connectivity index (χ1v) is 20.3. The second-order valence-corrected chi connectivity index (χ2v) is 19.1. The van der Waals surface area contributed by atoms with Crippen molar-refractivity contribution in [1.29, 1.82) is 0 Å². The van der Waals surface area contributed by atoms with Gasteiger partial charge in [0.2, 0.25) is 0 Å². The Hall–Kier alpha value is -3.09. The Labute approximate surface area is 354 Å². The summed E-state index contributed by atoms with van der Waals surface area (Å²) in [5.74, 6) is 0.